The van der Waals surface area contributed by atoms with Crippen molar-refractivity contribution in [2.75, 3.05) is 28.4 Å². The van der Waals surface area contributed by atoms with Gasteiger partial charge in [0.1, 0.15) is 11.3 Å². The standard InChI is InChI=1S/C18H17NO9/c1-24-14-7-10(17(20)26-3)8-15(16(14)25-2)28-11-5-6-12(18(21)27-4)13(9-11)19(22)23/h5-9H,1-4H3. The van der Waals surface area contributed by atoms with Gasteiger partial charge in [0.25, 0.3) is 5.69 Å². The molecule has 0 radical (unpaired) electrons. The van der Waals surface area contributed by atoms with E-state index in [0.717, 1.165) is 13.2 Å². The molecule has 0 bridgehead atoms. The summed E-state index contributed by atoms with van der Waals surface area (Å²) < 4.78 is 25.3. The number of carbonyl (C=O) groups is 2. The number of benzene rings is 2. The van der Waals surface area contributed by atoms with Crippen LogP contribution in [0.5, 0.6) is 23.0 Å². The van der Waals surface area contributed by atoms with Crippen molar-refractivity contribution in [1.29, 1.82) is 0 Å². The van der Waals surface area contributed by atoms with Crippen LogP contribution in [-0.2, 0) is 9.47 Å². The van der Waals surface area contributed by atoms with Crippen LogP contribution in [0, 0.1) is 10.1 Å². The fraction of sp³-hybridized carbons (Fsp3) is 0.222. The quantitative estimate of drug-likeness (QED) is 0.398. The number of hydrogen-bond donors (Lipinski definition) is 0. The third-order valence-corrected chi connectivity index (χ3v) is 3.66. The van der Waals surface area contributed by atoms with Gasteiger partial charge in [0.15, 0.2) is 11.5 Å². The van der Waals surface area contributed by atoms with Gasteiger partial charge in [-0.05, 0) is 24.3 Å². The number of nitro groups is 1. The molecule has 2 aromatic carbocycles. The zero-order valence-corrected chi connectivity index (χ0v) is 15.5. The van der Waals surface area contributed by atoms with E-state index in [1.807, 2.05) is 0 Å². The van der Waals surface area contributed by atoms with Crippen LogP contribution in [0.4, 0.5) is 5.69 Å². The molecule has 2 rings (SSSR count). The highest BCUT2D eigenvalue weighted by atomic mass is 16.6. The van der Waals surface area contributed by atoms with Gasteiger partial charge in [-0.25, -0.2) is 9.59 Å². The molecule has 0 saturated heterocycles. The molecule has 0 heterocycles. The Kier molecular flexibility index (Phi) is 6.38. The number of esters is 2. The topological polar surface area (TPSA) is 123 Å². The summed E-state index contributed by atoms with van der Waals surface area (Å²) in [7, 11) is 5.07. The molecule has 10 heteroatoms. The van der Waals surface area contributed by atoms with E-state index in [0.29, 0.717) is 0 Å². The van der Waals surface area contributed by atoms with Crippen molar-refractivity contribution in [3.05, 3.63) is 51.6 Å². The second-order valence-corrected chi connectivity index (χ2v) is 5.23. The number of methoxy groups -OCH3 is 4. The fourth-order valence-corrected chi connectivity index (χ4v) is 2.38. The Morgan fingerprint density at radius 1 is 0.893 bits per heavy atom. The van der Waals surface area contributed by atoms with E-state index in [9.17, 15) is 19.7 Å². The third-order valence-electron chi connectivity index (χ3n) is 3.66. The van der Waals surface area contributed by atoms with Crippen LogP contribution in [0.1, 0.15) is 20.7 Å². The largest absolute Gasteiger partial charge is 0.493 e. The molecule has 0 amide bonds. The van der Waals surface area contributed by atoms with Crippen LogP contribution < -0.4 is 14.2 Å². The van der Waals surface area contributed by atoms with E-state index in [1.165, 1.54) is 45.6 Å². The fourth-order valence-electron chi connectivity index (χ4n) is 2.38. The van der Waals surface area contributed by atoms with Gasteiger partial charge in [0.2, 0.25) is 5.75 Å². The first kappa shape index (κ1) is 20.5. The van der Waals surface area contributed by atoms with Crippen LogP contribution in [0.3, 0.4) is 0 Å². The van der Waals surface area contributed by atoms with Gasteiger partial charge in [0, 0.05) is 0 Å². The first-order chi connectivity index (χ1) is 13.4. The van der Waals surface area contributed by atoms with Gasteiger partial charge in [-0.1, -0.05) is 0 Å². The molecule has 28 heavy (non-hydrogen) atoms. The van der Waals surface area contributed by atoms with Crippen molar-refractivity contribution in [1.82, 2.24) is 0 Å². The smallest absolute Gasteiger partial charge is 0.344 e. The normalized spacial score (nSPS) is 10.0. The minimum absolute atomic E-state index is 0.0294. The molecule has 0 aromatic heterocycles. The Balaban J connectivity index is 2.55. The van der Waals surface area contributed by atoms with E-state index in [2.05, 4.69) is 9.47 Å². The zero-order valence-electron chi connectivity index (χ0n) is 15.5. The van der Waals surface area contributed by atoms with Crippen molar-refractivity contribution in [3.8, 4) is 23.0 Å². The van der Waals surface area contributed by atoms with Crippen molar-refractivity contribution < 1.29 is 38.2 Å². The van der Waals surface area contributed by atoms with Crippen molar-refractivity contribution in [3.63, 3.8) is 0 Å². The predicted molar refractivity (Wildman–Crippen MR) is 95.4 cm³/mol. The second-order valence-electron chi connectivity index (χ2n) is 5.23. The summed E-state index contributed by atoms with van der Waals surface area (Å²) in [6.07, 6.45) is 0. The molecule has 10 nitrogen and oxygen atoms in total. The molecule has 0 atom stereocenters. The summed E-state index contributed by atoms with van der Waals surface area (Å²) in [5.74, 6) is -1.05. The lowest BCUT2D eigenvalue weighted by molar-refractivity contribution is -0.385. The molecule has 0 aliphatic heterocycles. The number of hydrogen-bond acceptors (Lipinski definition) is 9. The third kappa shape index (κ3) is 4.11. The van der Waals surface area contributed by atoms with Crippen LogP contribution in [0.2, 0.25) is 0 Å². The van der Waals surface area contributed by atoms with E-state index in [1.54, 1.807) is 0 Å². The molecule has 0 unspecified atom stereocenters. The molecule has 0 spiro atoms. The monoisotopic (exact) mass is 391 g/mol. The second kappa shape index (κ2) is 8.71. The lowest BCUT2D eigenvalue weighted by Crippen LogP contribution is -2.06. The molecule has 0 N–H and O–H groups in total. The van der Waals surface area contributed by atoms with Gasteiger partial charge < -0.3 is 23.7 Å². The van der Waals surface area contributed by atoms with Gasteiger partial charge in [-0.15, -0.1) is 0 Å². The highest BCUT2D eigenvalue weighted by molar-refractivity contribution is 5.94. The number of rotatable bonds is 7. The number of nitro benzene ring substituents is 1. The number of ether oxygens (including phenoxy) is 5. The Hall–Kier alpha value is -3.82. The molecular formula is C18H17NO9. The van der Waals surface area contributed by atoms with Gasteiger partial charge >= 0.3 is 11.9 Å². The molecule has 0 fully saturated rings. The van der Waals surface area contributed by atoms with Crippen LogP contribution in [0.25, 0.3) is 0 Å². The predicted octanol–water partition coefficient (Wildman–Crippen LogP) is 2.98. The molecule has 148 valence electrons. The maximum Gasteiger partial charge on any atom is 0.344 e. The van der Waals surface area contributed by atoms with Gasteiger partial charge in [0.05, 0.1) is 45.0 Å². The van der Waals surface area contributed by atoms with Crippen molar-refractivity contribution >= 4 is 17.6 Å². The van der Waals surface area contributed by atoms with Gasteiger partial charge in [-0.2, -0.15) is 0 Å². The first-order valence-corrected chi connectivity index (χ1v) is 7.75. The van der Waals surface area contributed by atoms with Crippen LogP contribution >= 0.6 is 0 Å². The van der Waals surface area contributed by atoms with Gasteiger partial charge in [-0.3, -0.25) is 10.1 Å². The van der Waals surface area contributed by atoms with Crippen molar-refractivity contribution in [2.24, 2.45) is 0 Å². The molecule has 0 aliphatic carbocycles. The van der Waals surface area contributed by atoms with Crippen molar-refractivity contribution in [2.45, 2.75) is 0 Å². The van der Waals surface area contributed by atoms with E-state index in [4.69, 9.17) is 14.2 Å². The zero-order chi connectivity index (χ0) is 20.8. The number of carbonyl (C=O) groups excluding carboxylic acids is 2. The summed E-state index contributed by atoms with van der Waals surface area (Å²) >= 11 is 0. The van der Waals surface area contributed by atoms with Crippen LogP contribution in [0.15, 0.2) is 30.3 Å². The average molecular weight is 391 g/mol. The van der Waals surface area contributed by atoms with E-state index >= 15 is 0 Å². The summed E-state index contributed by atoms with van der Waals surface area (Å²) in [4.78, 5) is 34.1. The Morgan fingerprint density at radius 3 is 2.07 bits per heavy atom. The Morgan fingerprint density at radius 2 is 1.54 bits per heavy atom. The minimum Gasteiger partial charge on any atom is -0.493 e. The lowest BCUT2D eigenvalue weighted by atomic mass is 10.1. The summed E-state index contributed by atoms with van der Waals surface area (Å²) in [5, 5.41) is 11.3. The molecule has 0 saturated carbocycles. The minimum atomic E-state index is -0.856. The lowest BCUT2D eigenvalue weighted by Gasteiger charge is -2.15. The Labute approximate surface area is 159 Å². The SMILES string of the molecule is COC(=O)c1cc(OC)c(OC)c(Oc2ccc(C(=O)OC)c([N+](=O)[O-])c2)c1. The van der Waals surface area contributed by atoms with E-state index in [-0.39, 0.29) is 34.1 Å². The Bertz CT molecular complexity index is 924. The highest BCUT2D eigenvalue weighted by Crippen LogP contribution is 2.41. The summed E-state index contributed by atoms with van der Waals surface area (Å²) in [6, 6.07) is 6.35. The maximum atomic E-state index is 11.9. The molecule has 2 aromatic rings. The van der Waals surface area contributed by atoms with Crippen LogP contribution in [-0.4, -0.2) is 45.3 Å². The molecule has 0 aliphatic rings. The first-order valence-electron chi connectivity index (χ1n) is 7.75. The maximum absolute atomic E-state index is 11.9. The highest BCUT2D eigenvalue weighted by Gasteiger charge is 2.23. The summed E-state index contributed by atoms with van der Waals surface area (Å²) in [6.45, 7) is 0. The molecular weight excluding hydrogens is 374 g/mol. The van der Waals surface area contributed by atoms with E-state index < -0.39 is 22.5 Å². The summed E-state index contributed by atoms with van der Waals surface area (Å²) in [5.41, 5.74) is -0.608. The average Bonchev–Trinajstić information content (AvgIpc) is 2.71. The number of nitrogens with zero attached hydrogens (tertiary/aromatic N) is 1.